The van der Waals surface area contributed by atoms with Gasteiger partial charge in [0.05, 0.1) is 18.7 Å². The monoisotopic (exact) mass is 334 g/mol. The molecule has 3 aromatic rings. The molecule has 0 N–H and O–H groups in total. The molecule has 1 saturated heterocycles. The number of hydrogen-bond donors (Lipinski definition) is 0. The average Bonchev–Trinajstić information content (AvgIpc) is 2.68. The maximum absolute atomic E-state index is 5.49. The Morgan fingerprint density at radius 2 is 1.64 bits per heavy atom. The minimum Gasteiger partial charge on any atom is -0.378 e. The van der Waals surface area contributed by atoms with Crippen LogP contribution in [0.2, 0.25) is 0 Å². The Hall–Kier alpha value is -2.66. The molecule has 128 valence electrons. The molecular weight excluding hydrogens is 312 g/mol. The Labute approximate surface area is 147 Å². The largest absolute Gasteiger partial charge is 0.378 e. The molecule has 4 rings (SSSR count). The van der Waals surface area contributed by atoms with Crippen molar-refractivity contribution in [1.29, 1.82) is 0 Å². The van der Waals surface area contributed by atoms with E-state index in [1.807, 2.05) is 26.2 Å². The van der Waals surface area contributed by atoms with Gasteiger partial charge in [-0.05, 0) is 36.4 Å². The predicted molar refractivity (Wildman–Crippen MR) is 102 cm³/mol. The lowest BCUT2D eigenvalue weighted by Crippen LogP contribution is -2.37. The molecule has 2 heterocycles. The van der Waals surface area contributed by atoms with Gasteiger partial charge in [0.15, 0.2) is 5.82 Å². The van der Waals surface area contributed by atoms with Crippen molar-refractivity contribution < 1.29 is 4.74 Å². The first-order valence-corrected chi connectivity index (χ1v) is 8.59. The summed E-state index contributed by atoms with van der Waals surface area (Å²) >= 11 is 0. The van der Waals surface area contributed by atoms with Crippen molar-refractivity contribution in [1.82, 2.24) is 9.97 Å². The summed E-state index contributed by atoms with van der Waals surface area (Å²) in [6, 6.07) is 16.6. The molecule has 0 bridgehead atoms. The highest BCUT2D eigenvalue weighted by atomic mass is 16.5. The number of nitrogens with zero attached hydrogens (tertiary/aromatic N) is 4. The van der Waals surface area contributed by atoms with Gasteiger partial charge in [0.2, 0.25) is 0 Å². The fraction of sp³-hybridized carbons (Fsp3) is 0.300. The van der Waals surface area contributed by atoms with Gasteiger partial charge in [-0.25, -0.2) is 9.97 Å². The lowest BCUT2D eigenvalue weighted by Gasteiger charge is -2.29. The van der Waals surface area contributed by atoms with E-state index in [1.165, 1.54) is 0 Å². The van der Waals surface area contributed by atoms with E-state index < -0.39 is 0 Å². The van der Waals surface area contributed by atoms with E-state index >= 15 is 0 Å². The molecule has 0 saturated carbocycles. The zero-order valence-corrected chi connectivity index (χ0v) is 14.6. The maximum atomic E-state index is 5.49. The molecule has 0 aliphatic carbocycles. The SMILES string of the molecule is CN(C)c1ccc(-c2nc(N3CCOCC3)c3ccccc3n2)cc1. The second-order valence-electron chi connectivity index (χ2n) is 6.43. The Morgan fingerprint density at radius 3 is 2.36 bits per heavy atom. The van der Waals surface area contributed by atoms with Gasteiger partial charge in [0, 0.05) is 43.8 Å². The molecule has 1 aliphatic heterocycles. The molecule has 5 nitrogen and oxygen atoms in total. The second-order valence-corrected chi connectivity index (χ2v) is 6.43. The standard InChI is InChI=1S/C20H22N4O/c1-23(2)16-9-7-15(8-10-16)19-21-18-6-4-3-5-17(18)20(22-19)24-11-13-25-14-12-24/h3-10H,11-14H2,1-2H3. The number of para-hydroxylation sites is 1. The van der Waals surface area contributed by atoms with Crippen molar-refractivity contribution in [3.8, 4) is 11.4 Å². The van der Waals surface area contributed by atoms with Crippen molar-refractivity contribution >= 4 is 22.4 Å². The number of aromatic nitrogens is 2. The number of fused-ring (bicyclic) bond motifs is 1. The predicted octanol–water partition coefficient (Wildman–Crippen LogP) is 3.20. The molecule has 0 unspecified atom stereocenters. The molecule has 5 heteroatoms. The molecule has 0 amide bonds. The summed E-state index contributed by atoms with van der Waals surface area (Å²) in [6.07, 6.45) is 0. The number of anilines is 2. The molecule has 1 aromatic heterocycles. The zero-order chi connectivity index (χ0) is 17.2. The average molecular weight is 334 g/mol. The van der Waals surface area contributed by atoms with Crippen LogP contribution in [0, 0.1) is 0 Å². The highest BCUT2D eigenvalue weighted by Gasteiger charge is 2.17. The minimum atomic E-state index is 0.741. The topological polar surface area (TPSA) is 41.5 Å². The van der Waals surface area contributed by atoms with Crippen LogP contribution < -0.4 is 9.80 Å². The van der Waals surface area contributed by atoms with E-state index in [-0.39, 0.29) is 0 Å². The van der Waals surface area contributed by atoms with Crippen molar-refractivity contribution in [3.05, 3.63) is 48.5 Å². The third-order valence-electron chi connectivity index (χ3n) is 4.54. The van der Waals surface area contributed by atoms with E-state index in [1.54, 1.807) is 0 Å². The van der Waals surface area contributed by atoms with Gasteiger partial charge in [0.25, 0.3) is 0 Å². The Morgan fingerprint density at radius 1 is 0.920 bits per heavy atom. The molecule has 0 atom stereocenters. The van der Waals surface area contributed by atoms with Gasteiger partial charge in [-0.1, -0.05) is 12.1 Å². The van der Waals surface area contributed by atoms with Gasteiger partial charge in [-0.2, -0.15) is 0 Å². The van der Waals surface area contributed by atoms with E-state index in [9.17, 15) is 0 Å². The molecular formula is C20H22N4O. The first-order valence-electron chi connectivity index (χ1n) is 8.59. The van der Waals surface area contributed by atoms with E-state index in [2.05, 4.69) is 46.2 Å². The second kappa shape index (κ2) is 6.69. The summed E-state index contributed by atoms with van der Waals surface area (Å²) in [5.41, 5.74) is 3.18. The van der Waals surface area contributed by atoms with Gasteiger partial charge < -0.3 is 14.5 Å². The Balaban J connectivity index is 1.81. The van der Waals surface area contributed by atoms with Crippen LogP contribution >= 0.6 is 0 Å². The zero-order valence-electron chi connectivity index (χ0n) is 14.6. The Bertz CT molecular complexity index is 871. The summed E-state index contributed by atoms with van der Waals surface area (Å²) < 4.78 is 5.49. The molecule has 0 radical (unpaired) electrons. The van der Waals surface area contributed by atoms with Gasteiger partial charge in [-0.15, -0.1) is 0 Å². The number of rotatable bonds is 3. The molecule has 25 heavy (non-hydrogen) atoms. The highest BCUT2D eigenvalue weighted by molar-refractivity contribution is 5.91. The van der Waals surface area contributed by atoms with Crippen LogP contribution in [-0.4, -0.2) is 50.4 Å². The molecule has 1 aliphatic rings. The lowest BCUT2D eigenvalue weighted by molar-refractivity contribution is 0.122. The number of morpholine rings is 1. The van der Waals surface area contributed by atoms with Crippen molar-refractivity contribution in [3.63, 3.8) is 0 Å². The summed E-state index contributed by atoms with van der Waals surface area (Å²) in [7, 11) is 4.08. The van der Waals surface area contributed by atoms with E-state index in [4.69, 9.17) is 14.7 Å². The third-order valence-corrected chi connectivity index (χ3v) is 4.54. The summed E-state index contributed by atoms with van der Waals surface area (Å²) in [4.78, 5) is 14.1. The van der Waals surface area contributed by atoms with Gasteiger partial charge in [0.1, 0.15) is 5.82 Å². The molecule has 1 fully saturated rings. The summed E-state index contributed by atoms with van der Waals surface area (Å²) in [5.74, 6) is 1.77. The summed E-state index contributed by atoms with van der Waals surface area (Å²) in [5, 5.41) is 1.10. The lowest BCUT2D eigenvalue weighted by atomic mass is 10.1. The number of ether oxygens (including phenoxy) is 1. The molecule has 0 spiro atoms. The van der Waals surface area contributed by atoms with Crippen LogP contribution in [0.3, 0.4) is 0 Å². The van der Waals surface area contributed by atoms with Crippen LogP contribution in [0.4, 0.5) is 11.5 Å². The van der Waals surface area contributed by atoms with E-state index in [0.29, 0.717) is 0 Å². The van der Waals surface area contributed by atoms with Crippen molar-refractivity contribution in [2.45, 2.75) is 0 Å². The number of benzene rings is 2. The fourth-order valence-corrected chi connectivity index (χ4v) is 3.11. The van der Waals surface area contributed by atoms with E-state index in [0.717, 1.165) is 60.1 Å². The van der Waals surface area contributed by atoms with Crippen LogP contribution in [-0.2, 0) is 4.74 Å². The van der Waals surface area contributed by atoms with Crippen molar-refractivity contribution in [2.24, 2.45) is 0 Å². The van der Waals surface area contributed by atoms with Gasteiger partial charge >= 0.3 is 0 Å². The third kappa shape index (κ3) is 3.15. The van der Waals surface area contributed by atoms with Crippen LogP contribution in [0.25, 0.3) is 22.3 Å². The Kier molecular flexibility index (Phi) is 4.24. The number of hydrogen-bond acceptors (Lipinski definition) is 5. The van der Waals surface area contributed by atoms with Gasteiger partial charge in [-0.3, -0.25) is 0 Å². The fourth-order valence-electron chi connectivity index (χ4n) is 3.11. The minimum absolute atomic E-state index is 0.741. The highest BCUT2D eigenvalue weighted by Crippen LogP contribution is 2.28. The first-order chi connectivity index (χ1) is 12.2. The van der Waals surface area contributed by atoms with Crippen LogP contribution in [0.15, 0.2) is 48.5 Å². The quantitative estimate of drug-likeness (QED) is 0.736. The normalized spacial score (nSPS) is 14.7. The summed E-state index contributed by atoms with van der Waals surface area (Å²) in [6.45, 7) is 3.20. The smallest absolute Gasteiger partial charge is 0.162 e. The van der Waals surface area contributed by atoms with Crippen molar-refractivity contribution in [2.75, 3.05) is 50.2 Å². The molecule has 2 aromatic carbocycles. The first kappa shape index (κ1) is 15.8. The maximum Gasteiger partial charge on any atom is 0.162 e. The van der Waals surface area contributed by atoms with Crippen LogP contribution in [0.1, 0.15) is 0 Å². The van der Waals surface area contributed by atoms with Crippen LogP contribution in [0.5, 0.6) is 0 Å².